The van der Waals surface area contributed by atoms with Gasteiger partial charge in [-0.25, -0.2) is 0 Å². The predicted molar refractivity (Wildman–Crippen MR) is 113 cm³/mol. The summed E-state index contributed by atoms with van der Waals surface area (Å²) in [6, 6.07) is 5.71. The molecule has 30 heavy (non-hydrogen) atoms. The lowest BCUT2D eigenvalue weighted by Crippen LogP contribution is -2.37. The molecule has 8 heteroatoms. The first-order valence-electron chi connectivity index (χ1n) is 10.2. The maximum Gasteiger partial charge on any atom is 0.294 e. The predicted octanol–water partition coefficient (Wildman–Crippen LogP) is 2.74. The molecule has 2 N–H and O–H groups in total. The average Bonchev–Trinajstić information content (AvgIpc) is 3.23. The minimum Gasteiger partial charge on any atom is -0.370 e. The van der Waals surface area contributed by atoms with Gasteiger partial charge in [-0.15, -0.1) is 4.99 Å². The van der Waals surface area contributed by atoms with Crippen LogP contribution in [0.3, 0.4) is 0 Å². The van der Waals surface area contributed by atoms with E-state index >= 15 is 0 Å². The number of imide groups is 1. The number of benzene rings is 1. The van der Waals surface area contributed by atoms with E-state index < -0.39 is 0 Å². The molecule has 0 spiro atoms. The van der Waals surface area contributed by atoms with Crippen molar-refractivity contribution in [2.75, 3.05) is 23.3 Å². The summed E-state index contributed by atoms with van der Waals surface area (Å²) in [5.41, 5.74) is 2.82. The third-order valence-corrected chi connectivity index (χ3v) is 5.68. The van der Waals surface area contributed by atoms with E-state index in [2.05, 4.69) is 25.4 Å². The Hall–Kier alpha value is -3.47. The maximum atomic E-state index is 12.7. The fraction of sp³-hybridized carbons (Fsp3) is 0.409. The number of anilines is 2. The zero-order chi connectivity index (χ0) is 21.1. The van der Waals surface area contributed by atoms with Crippen molar-refractivity contribution in [2.45, 2.75) is 44.4 Å². The van der Waals surface area contributed by atoms with Crippen LogP contribution in [0.5, 0.6) is 0 Å². The van der Waals surface area contributed by atoms with Gasteiger partial charge in [0.2, 0.25) is 11.8 Å². The van der Waals surface area contributed by atoms with Crippen molar-refractivity contribution in [3.63, 3.8) is 0 Å². The van der Waals surface area contributed by atoms with Crippen molar-refractivity contribution < 1.29 is 14.4 Å². The van der Waals surface area contributed by atoms with E-state index in [1.165, 1.54) is 6.42 Å². The summed E-state index contributed by atoms with van der Waals surface area (Å²) in [6.07, 6.45) is 5.87. The molecule has 2 saturated heterocycles. The van der Waals surface area contributed by atoms with Crippen LogP contribution in [0.1, 0.15) is 50.0 Å². The summed E-state index contributed by atoms with van der Waals surface area (Å²) in [5, 5.41) is 5.30. The lowest BCUT2D eigenvalue weighted by molar-refractivity contribution is -0.133. The lowest BCUT2D eigenvalue weighted by atomic mass is 9.88. The molecule has 0 aromatic heterocycles. The molecule has 3 amide bonds. The molecule has 8 nitrogen and oxygen atoms in total. The summed E-state index contributed by atoms with van der Waals surface area (Å²) in [4.78, 5) is 45.9. The SMILES string of the molecule is [C-]#[N+]C1=CCC(C(=O)Nc2ccc(C3CC(=O)NC(=O)C3)cc2N2CCCCC2)=N1. The van der Waals surface area contributed by atoms with Gasteiger partial charge < -0.3 is 15.1 Å². The van der Waals surface area contributed by atoms with Gasteiger partial charge in [0.15, 0.2) is 5.71 Å². The molecule has 0 radical (unpaired) electrons. The van der Waals surface area contributed by atoms with Crippen LogP contribution in [0, 0.1) is 6.57 Å². The number of nitrogens with zero attached hydrogens (tertiary/aromatic N) is 3. The summed E-state index contributed by atoms with van der Waals surface area (Å²) in [6.45, 7) is 8.81. The van der Waals surface area contributed by atoms with E-state index in [1.807, 2.05) is 18.2 Å². The highest BCUT2D eigenvalue weighted by molar-refractivity contribution is 6.44. The lowest BCUT2D eigenvalue weighted by Gasteiger charge is -2.32. The number of aliphatic imine (C=N–C) groups is 1. The minimum absolute atomic E-state index is 0.163. The third-order valence-electron chi connectivity index (χ3n) is 5.68. The van der Waals surface area contributed by atoms with E-state index in [0.29, 0.717) is 17.8 Å². The molecule has 0 bridgehead atoms. The molecular weight excluding hydrogens is 382 g/mol. The first-order chi connectivity index (χ1) is 14.5. The Morgan fingerprint density at radius 3 is 2.57 bits per heavy atom. The number of carbonyl (C=O) groups excluding carboxylic acids is 3. The fourth-order valence-electron chi connectivity index (χ4n) is 4.14. The second kappa shape index (κ2) is 8.49. The van der Waals surface area contributed by atoms with Gasteiger partial charge in [0.1, 0.15) is 0 Å². The molecule has 3 aliphatic rings. The third kappa shape index (κ3) is 4.25. The fourth-order valence-corrected chi connectivity index (χ4v) is 4.14. The summed E-state index contributed by atoms with van der Waals surface area (Å²) in [7, 11) is 0. The summed E-state index contributed by atoms with van der Waals surface area (Å²) >= 11 is 0. The van der Waals surface area contributed by atoms with Gasteiger partial charge in [-0.05, 0) is 37.0 Å². The minimum atomic E-state index is -0.317. The Morgan fingerprint density at radius 2 is 1.90 bits per heavy atom. The molecule has 0 atom stereocenters. The number of allylic oxidation sites excluding steroid dienone is 1. The standard InChI is InChI=1S/C22H23N5O3/c1-23-19-8-7-17(24-19)22(30)25-16-6-5-14(15-12-20(28)26-21(29)13-15)11-18(16)27-9-3-2-4-10-27/h5-6,8,11,15H,2-4,7,9-10,12-13H2,(H,25,30)(H,26,28,29). The molecule has 3 aliphatic heterocycles. The quantitative estimate of drug-likeness (QED) is 0.595. The molecular formula is C22H23N5O3. The summed E-state index contributed by atoms with van der Waals surface area (Å²) in [5.74, 6) is -0.745. The van der Waals surface area contributed by atoms with E-state index in [1.54, 1.807) is 6.08 Å². The van der Waals surface area contributed by atoms with Crippen molar-refractivity contribution in [1.29, 1.82) is 0 Å². The monoisotopic (exact) mass is 405 g/mol. The van der Waals surface area contributed by atoms with Gasteiger partial charge in [-0.1, -0.05) is 18.7 Å². The van der Waals surface area contributed by atoms with Crippen molar-refractivity contribution in [3.05, 3.63) is 47.1 Å². The number of carbonyl (C=O) groups is 3. The van der Waals surface area contributed by atoms with Crippen molar-refractivity contribution in [3.8, 4) is 0 Å². The number of amides is 3. The van der Waals surface area contributed by atoms with E-state index in [4.69, 9.17) is 6.57 Å². The van der Waals surface area contributed by atoms with E-state index in [0.717, 1.165) is 37.2 Å². The largest absolute Gasteiger partial charge is 0.370 e. The van der Waals surface area contributed by atoms with Crippen LogP contribution in [0.15, 0.2) is 35.1 Å². The second-order valence-corrected chi connectivity index (χ2v) is 7.79. The number of hydrogen-bond acceptors (Lipinski definition) is 5. The molecule has 4 rings (SSSR count). The molecule has 154 valence electrons. The zero-order valence-corrected chi connectivity index (χ0v) is 16.6. The zero-order valence-electron chi connectivity index (χ0n) is 16.6. The topological polar surface area (TPSA) is 95.2 Å². The van der Waals surface area contributed by atoms with Crippen LogP contribution in [0.25, 0.3) is 4.85 Å². The van der Waals surface area contributed by atoms with Crippen LogP contribution >= 0.6 is 0 Å². The molecule has 3 heterocycles. The van der Waals surface area contributed by atoms with Crippen LogP contribution in [-0.4, -0.2) is 36.5 Å². The normalized spacial score (nSPS) is 19.6. The van der Waals surface area contributed by atoms with Crippen molar-refractivity contribution >= 4 is 34.8 Å². The number of piperidine rings is 2. The number of nitrogens with one attached hydrogen (secondary N) is 2. The molecule has 1 aromatic carbocycles. The molecule has 0 aliphatic carbocycles. The molecule has 2 fully saturated rings. The smallest absolute Gasteiger partial charge is 0.294 e. The van der Waals surface area contributed by atoms with Gasteiger partial charge in [0, 0.05) is 38.3 Å². The van der Waals surface area contributed by atoms with Crippen LogP contribution in [0.4, 0.5) is 11.4 Å². The number of hydrogen-bond donors (Lipinski definition) is 2. The first kappa shape index (κ1) is 19.8. The summed E-state index contributed by atoms with van der Waals surface area (Å²) < 4.78 is 0. The van der Waals surface area contributed by atoms with E-state index in [9.17, 15) is 14.4 Å². The Kier molecular flexibility index (Phi) is 5.61. The van der Waals surface area contributed by atoms with E-state index in [-0.39, 0.29) is 42.3 Å². The molecule has 1 aromatic rings. The van der Waals surface area contributed by atoms with Gasteiger partial charge in [-0.3, -0.25) is 19.7 Å². The Morgan fingerprint density at radius 1 is 1.17 bits per heavy atom. The van der Waals surface area contributed by atoms with Crippen molar-refractivity contribution in [1.82, 2.24) is 5.32 Å². The van der Waals surface area contributed by atoms with Gasteiger partial charge in [0.05, 0.1) is 11.4 Å². The maximum absolute atomic E-state index is 12.7. The Balaban J connectivity index is 1.61. The molecule has 0 unspecified atom stereocenters. The number of rotatable bonds is 4. The Labute approximate surface area is 174 Å². The second-order valence-electron chi connectivity index (χ2n) is 7.79. The van der Waals surface area contributed by atoms with Crippen LogP contribution in [-0.2, 0) is 14.4 Å². The highest BCUT2D eigenvalue weighted by Gasteiger charge is 2.28. The van der Waals surface area contributed by atoms with Gasteiger partial charge in [0.25, 0.3) is 11.7 Å². The van der Waals surface area contributed by atoms with Crippen LogP contribution in [0.2, 0.25) is 0 Å². The van der Waals surface area contributed by atoms with Gasteiger partial charge in [-0.2, -0.15) is 0 Å². The molecule has 0 saturated carbocycles. The highest BCUT2D eigenvalue weighted by Crippen LogP contribution is 2.35. The Bertz CT molecular complexity index is 983. The van der Waals surface area contributed by atoms with Gasteiger partial charge >= 0.3 is 0 Å². The van der Waals surface area contributed by atoms with Crippen molar-refractivity contribution in [2.24, 2.45) is 4.99 Å². The van der Waals surface area contributed by atoms with Crippen LogP contribution < -0.4 is 15.5 Å². The average molecular weight is 405 g/mol. The first-order valence-corrected chi connectivity index (χ1v) is 10.2. The highest BCUT2D eigenvalue weighted by atomic mass is 16.2.